The van der Waals surface area contributed by atoms with E-state index in [-0.39, 0.29) is 24.4 Å². The van der Waals surface area contributed by atoms with E-state index in [9.17, 15) is 4.79 Å². The lowest BCUT2D eigenvalue weighted by molar-refractivity contribution is -0.121. The summed E-state index contributed by atoms with van der Waals surface area (Å²) < 4.78 is 3.82. The van der Waals surface area contributed by atoms with Crippen molar-refractivity contribution < 1.29 is 4.79 Å². The molecule has 1 aliphatic heterocycles. The van der Waals surface area contributed by atoms with Crippen LogP contribution in [0.1, 0.15) is 43.5 Å². The maximum atomic E-state index is 12.1. The van der Waals surface area contributed by atoms with E-state index in [2.05, 4.69) is 31.9 Å². The molecule has 0 fully saturated rings. The maximum absolute atomic E-state index is 12.1. The van der Waals surface area contributed by atoms with Gasteiger partial charge in [0.25, 0.3) is 0 Å². The van der Waals surface area contributed by atoms with Gasteiger partial charge in [0.15, 0.2) is 0 Å². The molecule has 1 aliphatic rings. The van der Waals surface area contributed by atoms with E-state index in [1.54, 1.807) is 4.68 Å². The van der Waals surface area contributed by atoms with Crippen molar-refractivity contribution in [3.63, 3.8) is 0 Å². The predicted molar refractivity (Wildman–Crippen MR) is 91.8 cm³/mol. The minimum atomic E-state index is -0.149. The molecule has 2 aromatic heterocycles. The Hall–Kier alpha value is -1.93. The molecule has 0 spiro atoms. The fourth-order valence-corrected chi connectivity index (χ4v) is 2.85. The quantitative estimate of drug-likeness (QED) is 0.802. The molecule has 9 heteroatoms. The van der Waals surface area contributed by atoms with Crippen molar-refractivity contribution in [3.05, 3.63) is 29.6 Å². The number of rotatable bonds is 6. The summed E-state index contributed by atoms with van der Waals surface area (Å²) in [5.41, 5.74) is 2.17. The Morgan fingerprint density at radius 2 is 2.33 bits per heavy atom. The van der Waals surface area contributed by atoms with E-state index in [0.29, 0.717) is 12.8 Å². The average molecular weight is 354 g/mol. The van der Waals surface area contributed by atoms with Crippen molar-refractivity contribution in [1.29, 1.82) is 0 Å². The van der Waals surface area contributed by atoms with Crippen LogP contribution in [0.2, 0.25) is 0 Å². The van der Waals surface area contributed by atoms with Gasteiger partial charge >= 0.3 is 0 Å². The first-order chi connectivity index (χ1) is 11.2. The molecule has 3 heterocycles. The minimum absolute atomic E-state index is 0. The van der Waals surface area contributed by atoms with E-state index < -0.39 is 0 Å². The predicted octanol–water partition coefficient (Wildman–Crippen LogP) is 0.829. The molecule has 0 aliphatic carbocycles. The number of hydrogen-bond acceptors (Lipinski definition) is 5. The third kappa shape index (κ3) is 4.12. The number of carbonyl (C=O) groups excluding carboxylic acids is 1. The Labute approximate surface area is 147 Å². The molecule has 0 bridgehead atoms. The highest BCUT2D eigenvalue weighted by Crippen LogP contribution is 2.11. The second kappa shape index (κ2) is 8.25. The van der Waals surface area contributed by atoms with Crippen LogP contribution in [-0.4, -0.2) is 37.0 Å². The molecule has 0 saturated heterocycles. The standard InChI is InChI=1S/C15H23N7O.ClH/c1-3-21-15(17-10-18-21)11(2)19-14(23)5-4-12-8-13-9-16-6-7-22(13)20-12;/h8,10-11,16H,3-7,9H2,1-2H3,(H,19,23);1H. The summed E-state index contributed by atoms with van der Waals surface area (Å²) in [4.78, 5) is 16.4. The zero-order valence-corrected chi connectivity index (χ0v) is 14.8. The van der Waals surface area contributed by atoms with Gasteiger partial charge in [-0.15, -0.1) is 12.4 Å². The molecule has 0 radical (unpaired) electrons. The zero-order chi connectivity index (χ0) is 16.2. The van der Waals surface area contributed by atoms with Crippen LogP contribution in [0.3, 0.4) is 0 Å². The van der Waals surface area contributed by atoms with Crippen molar-refractivity contribution in [1.82, 2.24) is 35.2 Å². The Bertz CT molecular complexity index is 658. The Morgan fingerprint density at radius 1 is 1.50 bits per heavy atom. The van der Waals surface area contributed by atoms with Crippen LogP contribution in [0, 0.1) is 0 Å². The molecular formula is C15H24ClN7O. The van der Waals surface area contributed by atoms with Gasteiger partial charge in [-0.25, -0.2) is 9.67 Å². The van der Waals surface area contributed by atoms with Crippen LogP contribution in [0.25, 0.3) is 0 Å². The van der Waals surface area contributed by atoms with E-state index in [0.717, 1.165) is 37.7 Å². The van der Waals surface area contributed by atoms with E-state index in [1.807, 2.05) is 18.5 Å². The number of aryl methyl sites for hydroxylation is 2. The van der Waals surface area contributed by atoms with Gasteiger partial charge in [-0.2, -0.15) is 10.2 Å². The van der Waals surface area contributed by atoms with Crippen LogP contribution in [0.5, 0.6) is 0 Å². The number of fused-ring (bicyclic) bond motifs is 1. The second-order valence-corrected chi connectivity index (χ2v) is 5.75. The zero-order valence-electron chi connectivity index (χ0n) is 14.0. The van der Waals surface area contributed by atoms with Crippen molar-refractivity contribution in [2.45, 2.75) is 52.4 Å². The molecule has 2 N–H and O–H groups in total. The molecule has 0 saturated carbocycles. The number of halogens is 1. The number of carbonyl (C=O) groups is 1. The van der Waals surface area contributed by atoms with Crippen molar-refractivity contribution >= 4 is 18.3 Å². The van der Waals surface area contributed by atoms with E-state index >= 15 is 0 Å². The van der Waals surface area contributed by atoms with Gasteiger partial charge in [0.05, 0.1) is 24.0 Å². The first-order valence-electron chi connectivity index (χ1n) is 8.10. The summed E-state index contributed by atoms with van der Waals surface area (Å²) in [6, 6.07) is 1.93. The van der Waals surface area contributed by atoms with Crippen LogP contribution in [0.4, 0.5) is 0 Å². The summed E-state index contributed by atoms with van der Waals surface area (Å²) in [6.45, 7) is 7.36. The Morgan fingerprint density at radius 3 is 3.08 bits per heavy atom. The lowest BCUT2D eigenvalue weighted by Crippen LogP contribution is -2.29. The molecular weight excluding hydrogens is 330 g/mol. The fraction of sp³-hybridized carbons (Fsp3) is 0.600. The molecule has 1 amide bonds. The maximum Gasteiger partial charge on any atom is 0.220 e. The Kier molecular flexibility index (Phi) is 6.33. The monoisotopic (exact) mass is 353 g/mol. The van der Waals surface area contributed by atoms with E-state index in [1.165, 1.54) is 12.0 Å². The van der Waals surface area contributed by atoms with Crippen LogP contribution < -0.4 is 10.6 Å². The molecule has 24 heavy (non-hydrogen) atoms. The number of aromatic nitrogens is 5. The Balaban J connectivity index is 0.00000208. The first-order valence-corrected chi connectivity index (χ1v) is 8.10. The lowest BCUT2D eigenvalue weighted by Gasteiger charge is -2.13. The molecule has 8 nitrogen and oxygen atoms in total. The SMILES string of the molecule is CCn1ncnc1C(C)NC(=O)CCc1cc2n(n1)CCNC2.Cl. The molecule has 132 valence electrons. The van der Waals surface area contributed by atoms with Crippen LogP contribution in [-0.2, 0) is 30.8 Å². The van der Waals surface area contributed by atoms with Crippen molar-refractivity contribution in [3.8, 4) is 0 Å². The fourth-order valence-electron chi connectivity index (χ4n) is 2.85. The lowest BCUT2D eigenvalue weighted by atomic mass is 10.2. The van der Waals surface area contributed by atoms with Gasteiger partial charge in [-0.3, -0.25) is 9.48 Å². The number of amides is 1. The summed E-state index contributed by atoms with van der Waals surface area (Å²) in [6.07, 6.45) is 2.60. The van der Waals surface area contributed by atoms with Crippen molar-refractivity contribution in [2.75, 3.05) is 6.54 Å². The average Bonchev–Trinajstić information content (AvgIpc) is 3.18. The number of nitrogens with one attached hydrogen (secondary N) is 2. The number of nitrogens with zero attached hydrogens (tertiary/aromatic N) is 5. The van der Waals surface area contributed by atoms with Gasteiger partial charge in [0.1, 0.15) is 12.2 Å². The first kappa shape index (κ1) is 18.4. The largest absolute Gasteiger partial charge is 0.346 e. The molecule has 1 unspecified atom stereocenters. The number of hydrogen-bond donors (Lipinski definition) is 2. The van der Waals surface area contributed by atoms with Gasteiger partial charge in [-0.1, -0.05) is 0 Å². The second-order valence-electron chi connectivity index (χ2n) is 5.75. The third-order valence-electron chi connectivity index (χ3n) is 4.04. The highest BCUT2D eigenvalue weighted by molar-refractivity contribution is 5.85. The molecule has 1 atom stereocenters. The molecule has 2 aromatic rings. The normalized spacial score (nSPS) is 14.6. The van der Waals surface area contributed by atoms with Crippen LogP contribution in [0.15, 0.2) is 12.4 Å². The van der Waals surface area contributed by atoms with Crippen molar-refractivity contribution in [2.24, 2.45) is 0 Å². The molecule has 3 rings (SSSR count). The third-order valence-corrected chi connectivity index (χ3v) is 4.04. The summed E-state index contributed by atoms with van der Waals surface area (Å²) >= 11 is 0. The highest BCUT2D eigenvalue weighted by atomic mass is 35.5. The van der Waals surface area contributed by atoms with Gasteiger partial charge in [0.2, 0.25) is 5.91 Å². The van der Waals surface area contributed by atoms with Gasteiger partial charge in [0, 0.05) is 32.5 Å². The van der Waals surface area contributed by atoms with Crippen LogP contribution >= 0.6 is 12.4 Å². The topological polar surface area (TPSA) is 89.7 Å². The summed E-state index contributed by atoms with van der Waals surface area (Å²) in [7, 11) is 0. The summed E-state index contributed by atoms with van der Waals surface area (Å²) in [5.74, 6) is 0.789. The highest BCUT2D eigenvalue weighted by Gasteiger charge is 2.16. The van der Waals surface area contributed by atoms with Gasteiger partial charge < -0.3 is 10.6 Å². The minimum Gasteiger partial charge on any atom is -0.346 e. The van der Waals surface area contributed by atoms with E-state index in [4.69, 9.17) is 0 Å². The molecule has 0 aromatic carbocycles. The summed E-state index contributed by atoms with van der Waals surface area (Å²) in [5, 5.41) is 15.0. The smallest absolute Gasteiger partial charge is 0.220 e. The van der Waals surface area contributed by atoms with Gasteiger partial charge in [-0.05, 0) is 19.9 Å².